The Balaban J connectivity index is 1.98. The fourth-order valence-corrected chi connectivity index (χ4v) is 2.78. The van der Waals surface area contributed by atoms with Gasteiger partial charge >= 0.3 is 11.9 Å². The second kappa shape index (κ2) is 7.65. The van der Waals surface area contributed by atoms with Crippen LogP contribution in [0.25, 0.3) is 10.9 Å². The summed E-state index contributed by atoms with van der Waals surface area (Å²) in [5, 5.41) is 19.1. The van der Waals surface area contributed by atoms with Gasteiger partial charge in [-0.15, -0.1) is 0 Å². The molecule has 0 saturated heterocycles. The average molecular weight is 350 g/mol. The number of pyridine rings is 1. The second-order valence-electron chi connectivity index (χ2n) is 5.91. The first-order chi connectivity index (χ1) is 12.5. The fourth-order valence-electron chi connectivity index (χ4n) is 2.78. The lowest BCUT2D eigenvalue weighted by Crippen LogP contribution is -2.25. The molecule has 6 nitrogen and oxygen atoms in total. The molecule has 132 valence electrons. The van der Waals surface area contributed by atoms with Crippen molar-refractivity contribution in [1.82, 2.24) is 4.98 Å². The van der Waals surface area contributed by atoms with E-state index in [4.69, 9.17) is 5.11 Å². The van der Waals surface area contributed by atoms with Gasteiger partial charge in [-0.3, -0.25) is 9.59 Å². The van der Waals surface area contributed by atoms with E-state index in [0.29, 0.717) is 17.9 Å². The van der Waals surface area contributed by atoms with Crippen LogP contribution in [0.15, 0.2) is 60.7 Å². The number of carboxylic acids is 2. The molecule has 0 fully saturated rings. The van der Waals surface area contributed by atoms with Crippen molar-refractivity contribution in [2.75, 3.05) is 11.4 Å². The molecule has 6 heteroatoms. The van der Waals surface area contributed by atoms with Gasteiger partial charge in [0.2, 0.25) is 0 Å². The molecule has 3 aromatic rings. The SMILES string of the molecule is O=C(O)CCc1cccc(N(CC(=O)O)c2ccc3ccccc3n2)c1. The molecule has 1 aromatic heterocycles. The molecule has 0 aliphatic rings. The highest BCUT2D eigenvalue weighted by Gasteiger charge is 2.15. The molecule has 0 amide bonds. The van der Waals surface area contributed by atoms with Crippen molar-refractivity contribution in [2.24, 2.45) is 0 Å². The minimum atomic E-state index is -0.976. The molecule has 0 radical (unpaired) electrons. The van der Waals surface area contributed by atoms with E-state index >= 15 is 0 Å². The van der Waals surface area contributed by atoms with E-state index in [1.54, 1.807) is 23.1 Å². The zero-order valence-electron chi connectivity index (χ0n) is 14.0. The van der Waals surface area contributed by atoms with Gasteiger partial charge in [0.15, 0.2) is 0 Å². The van der Waals surface area contributed by atoms with Crippen LogP contribution in [0.2, 0.25) is 0 Å². The van der Waals surface area contributed by atoms with Gasteiger partial charge in [-0.05, 0) is 42.3 Å². The van der Waals surface area contributed by atoms with Gasteiger partial charge in [0.1, 0.15) is 12.4 Å². The van der Waals surface area contributed by atoms with Crippen LogP contribution in [0.1, 0.15) is 12.0 Å². The van der Waals surface area contributed by atoms with Crippen LogP contribution < -0.4 is 4.90 Å². The van der Waals surface area contributed by atoms with E-state index in [9.17, 15) is 14.7 Å². The highest BCUT2D eigenvalue weighted by Crippen LogP contribution is 2.26. The summed E-state index contributed by atoms with van der Waals surface area (Å²) >= 11 is 0. The molecule has 0 spiro atoms. The van der Waals surface area contributed by atoms with Crippen LogP contribution in [-0.4, -0.2) is 33.7 Å². The van der Waals surface area contributed by atoms with E-state index in [-0.39, 0.29) is 13.0 Å². The summed E-state index contributed by atoms with van der Waals surface area (Å²) in [6, 6.07) is 18.5. The molecule has 1 heterocycles. The van der Waals surface area contributed by atoms with Crippen LogP contribution in [0.4, 0.5) is 11.5 Å². The maximum absolute atomic E-state index is 11.4. The Morgan fingerprint density at radius 2 is 1.73 bits per heavy atom. The van der Waals surface area contributed by atoms with Crippen LogP contribution in [-0.2, 0) is 16.0 Å². The molecule has 0 saturated carbocycles. The predicted octanol–water partition coefficient (Wildman–Crippen LogP) is 3.47. The van der Waals surface area contributed by atoms with Gasteiger partial charge in [0, 0.05) is 17.5 Å². The van der Waals surface area contributed by atoms with Gasteiger partial charge in [0.25, 0.3) is 0 Å². The maximum atomic E-state index is 11.4. The first kappa shape index (κ1) is 17.4. The quantitative estimate of drug-likeness (QED) is 0.678. The number of hydrogen-bond donors (Lipinski definition) is 2. The summed E-state index contributed by atoms with van der Waals surface area (Å²) in [7, 11) is 0. The summed E-state index contributed by atoms with van der Waals surface area (Å²) in [5.41, 5.74) is 2.28. The largest absolute Gasteiger partial charge is 0.481 e. The number of aryl methyl sites for hydroxylation is 1. The van der Waals surface area contributed by atoms with Gasteiger partial charge in [-0.1, -0.05) is 30.3 Å². The Morgan fingerprint density at radius 3 is 2.50 bits per heavy atom. The molecule has 0 bridgehead atoms. The third-order valence-electron chi connectivity index (χ3n) is 4.00. The van der Waals surface area contributed by atoms with E-state index in [1.807, 2.05) is 42.5 Å². The number of anilines is 2. The Bertz CT molecular complexity index is 955. The van der Waals surface area contributed by atoms with Crippen molar-refractivity contribution in [1.29, 1.82) is 0 Å². The third-order valence-corrected chi connectivity index (χ3v) is 4.00. The van der Waals surface area contributed by atoms with Crippen molar-refractivity contribution in [3.8, 4) is 0 Å². The van der Waals surface area contributed by atoms with Crippen molar-refractivity contribution < 1.29 is 19.8 Å². The van der Waals surface area contributed by atoms with Gasteiger partial charge in [-0.2, -0.15) is 0 Å². The number of hydrogen-bond acceptors (Lipinski definition) is 4. The van der Waals surface area contributed by atoms with Gasteiger partial charge in [-0.25, -0.2) is 4.98 Å². The molecular formula is C20H18N2O4. The minimum Gasteiger partial charge on any atom is -0.481 e. The lowest BCUT2D eigenvalue weighted by atomic mass is 10.1. The molecule has 0 unspecified atom stereocenters. The average Bonchev–Trinajstić information content (AvgIpc) is 2.64. The molecule has 0 aliphatic carbocycles. The third kappa shape index (κ3) is 4.16. The van der Waals surface area contributed by atoms with Crippen LogP contribution in [0, 0.1) is 0 Å². The lowest BCUT2D eigenvalue weighted by Gasteiger charge is -2.23. The number of carboxylic acid groups (broad SMARTS) is 2. The molecule has 3 rings (SSSR count). The van der Waals surface area contributed by atoms with Crippen LogP contribution in [0.5, 0.6) is 0 Å². The monoisotopic (exact) mass is 350 g/mol. The Morgan fingerprint density at radius 1 is 0.923 bits per heavy atom. The zero-order valence-corrected chi connectivity index (χ0v) is 14.0. The first-order valence-corrected chi connectivity index (χ1v) is 8.19. The normalized spacial score (nSPS) is 10.6. The second-order valence-corrected chi connectivity index (χ2v) is 5.91. The van der Waals surface area contributed by atoms with Crippen LogP contribution >= 0.6 is 0 Å². The Kier molecular flexibility index (Phi) is 5.12. The predicted molar refractivity (Wildman–Crippen MR) is 98.8 cm³/mol. The number of para-hydroxylation sites is 1. The Hall–Kier alpha value is -3.41. The molecule has 2 N–H and O–H groups in total. The van der Waals surface area contributed by atoms with E-state index < -0.39 is 11.9 Å². The molecule has 0 aliphatic heterocycles. The Labute approximate surface area is 150 Å². The van der Waals surface area contributed by atoms with Gasteiger partial charge in [0.05, 0.1) is 5.52 Å². The van der Waals surface area contributed by atoms with E-state index in [1.165, 1.54) is 0 Å². The van der Waals surface area contributed by atoms with Crippen molar-refractivity contribution >= 4 is 34.3 Å². The zero-order chi connectivity index (χ0) is 18.5. The topological polar surface area (TPSA) is 90.7 Å². The molecular weight excluding hydrogens is 332 g/mol. The standard InChI is InChI=1S/C20H18N2O4/c23-19(24)11-8-14-4-3-6-16(12-14)22(13-20(25)26)18-10-9-15-5-1-2-7-17(15)21-18/h1-7,9-10,12H,8,11,13H2,(H,23,24)(H,25,26). The van der Waals surface area contributed by atoms with E-state index in [0.717, 1.165) is 16.5 Å². The van der Waals surface area contributed by atoms with Gasteiger partial charge < -0.3 is 15.1 Å². The number of carbonyl (C=O) groups is 2. The number of nitrogens with zero attached hydrogens (tertiary/aromatic N) is 2. The summed E-state index contributed by atoms with van der Waals surface area (Å²) in [4.78, 5) is 28.3. The van der Waals surface area contributed by atoms with E-state index in [2.05, 4.69) is 4.98 Å². The highest BCUT2D eigenvalue weighted by atomic mass is 16.4. The number of aliphatic carboxylic acids is 2. The van der Waals surface area contributed by atoms with Crippen LogP contribution in [0.3, 0.4) is 0 Å². The number of rotatable bonds is 7. The van der Waals surface area contributed by atoms with Crippen molar-refractivity contribution in [3.05, 3.63) is 66.2 Å². The smallest absolute Gasteiger partial charge is 0.323 e. The number of benzene rings is 2. The number of fused-ring (bicyclic) bond motifs is 1. The summed E-state index contributed by atoms with van der Waals surface area (Å²) < 4.78 is 0. The molecule has 2 aromatic carbocycles. The van der Waals surface area contributed by atoms with Crippen molar-refractivity contribution in [3.63, 3.8) is 0 Å². The summed E-state index contributed by atoms with van der Waals surface area (Å²) in [6.07, 6.45) is 0.409. The number of aromatic nitrogens is 1. The lowest BCUT2D eigenvalue weighted by molar-refractivity contribution is -0.137. The highest BCUT2D eigenvalue weighted by molar-refractivity contribution is 5.83. The minimum absolute atomic E-state index is 0.0244. The molecule has 0 atom stereocenters. The summed E-state index contributed by atoms with van der Waals surface area (Å²) in [6.45, 7) is -0.242. The first-order valence-electron chi connectivity index (χ1n) is 8.19. The van der Waals surface area contributed by atoms with Crippen molar-refractivity contribution in [2.45, 2.75) is 12.8 Å². The maximum Gasteiger partial charge on any atom is 0.323 e. The summed E-state index contributed by atoms with van der Waals surface area (Å²) in [5.74, 6) is -1.31. The fraction of sp³-hybridized carbons (Fsp3) is 0.150. The molecule has 26 heavy (non-hydrogen) atoms.